The van der Waals surface area contributed by atoms with Crippen LogP contribution in [0.4, 0.5) is 5.82 Å². The summed E-state index contributed by atoms with van der Waals surface area (Å²) in [6.45, 7) is 2.60. The first-order valence-electron chi connectivity index (χ1n) is 9.62. The summed E-state index contributed by atoms with van der Waals surface area (Å²) in [4.78, 5) is 39.1. The van der Waals surface area contributed by atoms with Crippen LogP contribution in [-0.2, 0) is 20.6 Å². The Kier molecular flexibility index (Phi) is 6.71. The lowest BCUT2D eigenvalue weighted by molar-refractivity contribution is 0.0917. The molecule has 2 heterocycles. The van der Waals surface area contributed by atoms with Crippen molar-refractivity contribution in [2.45, 2.75) is 19.9 Å². The fourth-order valence-corrected chi connectivity index (χ4v) is 3.40. The molecule has 0 saturated carbocycles. The molecule has 3 rings (SSSR count). The zero-order valence-corrected chi connectivity index (χ0v) is 18.2. The zero-order valence-electron chi connectivity index (χ0n) is 17.5. The molecule has 0 radical (unpaired) electrons. The van der Waals surface area contributed by atoms with Crippen molar-refractivity contribution in [3.63, 3.8) is 0 Å². The summed E-state index contributed by atoms with van der Waals surface area (Å²) in [6.07, 6.45) is 0.750. The third kappa shape index (κ3) is 4.59. The van der Waals surface area contributed by atoms with Crippen LogP contribution >= 0.6 is 11.6 Å². The van der Waals surface area contributed by atoms with E-state index in [0.717, 1.165) is 15.6 Å². The molecule has 0 aliphatic heterocycles. The Hall–Kier alpha value is -3.24. The van der Waals surface area contributed by atoms with Gasteiger partial charge in [-0.05, 0) is 25.1 Å². The van der Waals surface area contributed by atoms with Gasteiger partial charge in [0.2, 0.25) is 11.8 Å². The highest BCUT2D eigenvalue weighted by atomic mass is 35.5. The highest BCUT2D eigenvalue weighted by molar-refractivity contribution is 6.33. The van der Waals surface area contributed by atoms with Gasteiger partial charge in [0.25, 0.3) is 5.56 Å². The number of nitrogen functional groups attached to an aromatic ring is 1. The van der Waals surface area contributed by atoms with Crippen LogP contribution in [0, 0.1) is 0 Å². The number of halogens is 1. The lowest BCUT2D eigenvalue weighted by Crippen LogP contribution is -2.43. The maximum atomic E-state index is 12.9. The number of anilines is 1. The fraction of sp³-hybridized carbons (Fsp3) is 0.350. The monoisotopic (exact) mass is 446 g/mol. The number of carbonyl (C=O) groups excluding carboxylic acids is 1. The van der Waals surface area contributed by atoms with E-state index in [2.05, 4.69) is 10.2 Å². The average Bonchev–Trinajstić information content (AvgIpc) is 3.19. The van der Waals surface area contributed by atoms with Crippen LogP contribution in [0.3, 0.4) is 0 Å². The second kappa shape index (κ2) is 9.27. The SMILES string of the molecule is CCCN(CC(=O)c1c(N)n(C)c(=O)n(C)c1=O)Cc1nnc(-c2ccccc2Cl)o1. The number of aromatic nitrogens is 4. The largest absolute Gasteiger partial charge is 0.419 e. The molecule has 2 aromatic heterocycles. The Morgan fingerprint density at radius 2 is 1.90 bits per heavy atom. The normalized spacial score (nSPS) is 11.3. The van der Waals surface area contributed by atoms with Crippen molar-refractivity contribution in [1.29, 1.82) is 0 Å². The third-order valence-electron chi connectivity index (χ3n) is 4.83. The molecule has 0 bridgehead atoms. The summed E-state index contributed by atoms with van der Waals surface area (Å²) in [5, 5.41) is 8.57. The summed E-state index contributed by atoms with van der Waals surface area (Å²) in [6, 6.07) is 7.10. The topological polar surface area (TPSA) is 129 Å². The Labute approximate surface area is 182 Å². The molecule has 0 saturated heterocycles. The molecule has 164 valence electrons. The van der Waals surface area contributed by atoms with Crippen LogP contribution in [0.15, 0.2) is 38.3 Å². The maximum Gasteiger partial charge on any atom is 0.332 e. The van der Waals surface area contributed by atoms with E-state index >= 15 is 0 Å². The van der Waals surface area contributed by atoms with Crippen LogP contribution in [0.5, 0.6) is 0 Å². The molecule has 11 heteroatoms. The number of nitrogens with zero attached hydrogens (tertiary/aromatic N) is 5. The van der Waals surface area contributed by atoms with E-state index in [-0.39, 0.29) is 30.4 Å². The molecule has 31 heavy (non-hydrogen) atoms. The van der Waals surface area contributed by atoms with Gasteiger partial charge in [0, 0.05) is 14.1 Å². The molecule has 1 aromatic carbocycles. The Balaban J connectivity index is 1.83. The predicted molar refractivity (Wildman–Crippen MR) is 116 cm³/mol. The summed E-state index contributed by atoms with van der Waals surface area (Å²) in [5.74, 6) is -0.0709. The maximum absolute atomic E-state index is 12.9. The van der Waals surface area contributed by atoms with Gasteiger partial charge in [0.15, 0.2) is 5.78 Å². The van der Waals surface area contributed by atoms with Crippen molar-refractivity contribution < 1.29 is 9.21 Å². The first kappa shape index (κ1) is 22.4. The number of hydrogen-bond donors (Lipinski definition) is 1. The minimum absolute atomic E-state index is 0.102. The molecular formula is C20H23ClN6O4. The van der Waals surface area contributed by atoms with Crippen molar-refractivity contribution >= 4 is 23.2 Å². The number of rotatable bonds is 8. The van der Waals surface area contributed by atoms with Crippen LogP contribution in [0.1, 0.15) is 29.6 Å². The summed E-state index contributed by atoms with van der Waals surface area (Å²) in [7, 11) is 2.71. The number of Topliss-reactive ketones (excluding diaryl/α,β-unsaturated/α-hetero) is 1. The lowest BCUT2D eigenvalue weighted by Gasteiger charge is -2.19. The molecular weight excluding hydrogens is 424 g/mol. The van der Waals surface area contributed by atoms with Gasteiger partial charge in [-0.2, -0.15) is 0 Å². The van der Waals surface area contributed by atoms with E-state index in [1.807, 2.05) is 13.0 Å². The predicted octanol–water partition coefficient (Wildman–Crippen LogP) is 1.46. The molecule has 0 atom stereocenters. The molecule has 3 aromatic rings. The second-order valence-corrected chi connectivity index (χ2v) is 7.49. The summed E-state index contributed by atoms with van der Waals surface area (Å²) in [5.41, 5.74) is 4.98. The zero-order chi connectivity index (χ0) is 22.7. The summed E-state index contributed by atoms with van der Waals surface area (Å²) < 4.78 is 7.66. The molecule has 0 aliphatic carbocycles. The van der Waals surface area contributed by atoms with Gasteiger partial charge in [0.1, 0.15) is 11.4 Å². The minimum Gasteiger partial charge on any atom is -0.419 e. The lowest BCUT2D eigenvalue weighted by atomic mass is 10.1. The standard InChI is InChI=1S/C20H23ClN6O4/c1-4-9-27(10-14(28)16-17(22)25(2)20(30)26(3)19(16)29)11-15-23-24-18(31-15)12-7-5-6-8-13(12)21/h5-8H,4,9-11,22H2,1-3H3. The average molecular weight is 447 g/mol. The first-order chi connectivity index (χ1) is 14.7. The van der Waals surface area contributed by atoms with Gasteiger partial charge in [-0.15, -0.1) is 10.2 Å². The van der Waals surface area contributed by atoms with Crippen molar-refractivity contribution in [3.8, 4) is 11.5 Å². The number of ketones is 1. The van der Waals surface area contributed by atoms with Gasteiger partial charge in [-0.25, -0.2) is 4.79 Å². The van der Waals surface area contributed by atoms with Crippen LogP contribution < -0.4 is 17.0 Å². The Morgan fingerprint density at radius 1 is 1.19 bits per heavy atom. The molecule has 0 amide bonds. The van der Waals surface area contributed by atoms with E-state index in [9.17, 15) is 14.4 Å². The van der Waals surface area contributed by atoms with Gasteiger partial charge >= 0.3 is 5.69 Å². The van der Waals surface area contributed by atoms with Gasteiger partial charge in [-0.1, -0.05) is 30.7 Å². The summed E-state index contributed by atoms with van der Waals surface area (Å²) >= 11 is 6.18. The van der Waals surface area contributed by atoms with Crippen molar-refractivity contribution in [2.24, 2.45) is 14.1 Å². The number of nitrogens with two attached hydrogens (primary N) is 1. The third-order valence-corrected chi connectivity index (χ3v) is 5.16. The highest BCUT2D eigenvalue weighted by Gasteiger charge is 2.23. The van der Waals surface area contributed by atoms with Crippen molar-refractivity contribution in [2.75, 3.05) is 18.8 Å². The van der Waals surface area contributed by atoms with E-state index in [1.165, 1.54) is 14.1 Å². The van der Waals surface area contributed by atoms with Gasteiger partial charge < -0.3 is 10.2 Å². The van der Waals surface area contributed by atoms with Gasteiger partial charge in [-0.3, -0.25) is 23.6 Å². The van der Waals surface area contributed by atoms with Crippen LogP contribution in [0.2, 0.25) is 5.02 Å². The number of benzene rings is 1. The smallest absolute Gasteiger partial charge is 0.332 e. The number of hydrogen-bond acceptors (Lipinski definition) is 8. The van der Waals surface area contributed by atoms with E-state index < -0.39 is 17.0 Å². The Morgan fingerprint density at radius 3 is 2.58 bits per heavy atom. The Bertz CT molecular complexity index is 1230. The molecule has 10 nitrogen and oxygen atoms in total. The quantitative estimate of drug-likeness (QED) is 0.515. The van der Waals surface area contributed by atoms with Crippen LogP contribution in [0.25, 0.3) is 11.5 Å². The fourth-order valence-electron chi connectivity index (χ4n) is 3.19. The molecule has 0 unspecified atom stereocenters. The number of carbonyl (C=O) groups is 1. The van der Waals surface area contributed by atoms with Crippen molar-refractivity contribution in [3.05, 3.63) is 61.6 Å². The molecule has 2 N–H and O–H groups in total. The first-order valence-corrected chi connectivity index (χ1v) is 10.0. The van der Waals surface area contributed by atoms with E-state index in [0.29, 0.717) is 23.0 Å². The van der Waals surface area contributed by atoms with Gasteiger partial charge in [0.05, 0.1) is 23.7 Å². The van der Waals surface area contributed by atoms with E-state index in [1.54, 1.807) is 23.1 Å². The molecule has 0 fully saturated rings. The van der Waals surface area contributed by atoms with Crippen molar-refractivity contribution in [1.82, 2.24) is 24.2 Å². The highest BCUT2D eigenvalue weighted by Crippen LogP contribution is 2.26. The second-order valence-electron chi connectivity index (χ2n) is 7.08. The minimum atomic E-state index is -0.721. The molecule has 0 spiro atoms. The van der Waals surface area contributed by atoms with Crippen LogP contribution in [-0.4, -0.2) is 43.1 Å². The molecule has 0 aliphatic rings. The van der Waals surface area contributed by atoms with E-state index in [4.69, 9.17) is 21.8 Å².